The van der Waals surface area contributed by atoms with Crippen molar-refractivity contribution in [1.82, 2.24) is 0 Å². The van der Waals surface area contributed by atoms with Gasteiger partial charge in [0, 0.05) is 5.69 Å². The molecule has 2 aromatic rings. The molecule has 2 aromatic carbocycles. The normalized spacial score (nSPS) is 14.0. The average molecular weight is 269 g/mol. The molecule has 0 saturated heterocycles. The predicted octanol–water partition coefficient (Wildman–Crippen LogP) is 4.03. The van der Waals surface area contributed by atoms with Crippen molar-refractivity contribution < 1.29 is 5.11 Å². The van der Waals surface area contributed by atoms with Crippen LogP contribution in [0, 0.1) is 5.92 Å². The van der Waals surface area contributed by atoms with Gasteiger partial charge in [-0.15, -0.1) is 0 Å². The fourth-order valence-electron chi connectivity index (χ4n) is 2.69. The molecule has 106 valence electrons. The summed E-state index contributed by atoms with van der Waals surface area (Å²) in [6.07, 6.45) is 0.877. The van der Waals surface area contributed by atoms with Gasteiger partial charge < -0.3 is 10.4 Å². The fourth-order valence-corrected chi connectivity index (χ4v) is 2.69. The second-order valence-corrected chi connectivity index (χ2v) is 5.70. The van der Waals surface area contributed by atoms with Crippen molar-refractivity contribution >= 4 is 5.69 Å². The zero-order valence-electron chi connectivity index (χ0n) is 12.2. The fraction of sp³-hybridized carbons (Fsp3) is 0.333. The van der Waals surface area contributed by atoms with E-state index in [-0.39, 0.29) is 6.61 Å². The van der Waals surface area contributed by atoms with E-state index in [0.29, 0.717) is 5.92 Å². The molecule has 0 saturated carbocycles. The van der Waals surface area contributed by atoms with Crippen LogP contribution in [0.25, 0.3) is 0 Å². The van der Waals surface area contributed by atoms with Crippen LogP contribution in [0.3, 0.4) is 0 Å². The number of nitrogens with one attached hydrogen (secondary N) is 1. The Morgan fingerprint density at radius 1 is 0.950 bits per heavy atom. The molecular weight excluding hydrogens is 246 g/mol. The summed E-state index contributed by atoms with van der Waals surface area (Å²) in [5, 5.41) is 13.6. The number of anilines is 1. The number of aliphatic hydroxyl groups excluding tert-OH is 1. The second kappa shape index (κ2) is 6.58. The topological polar surface area (TPSA) is 32.3 Å². The smallest absolute Gasteiger partial charge is 0.0859 e. The van der Waals surface area contributed by atoms with Crippen molar-refractivity contribution in [3.63, 3.8) is 0 Å². The van der Waals surface area contributed by atoms with Crippen molar-refractivity contribution in [2.24, 2.45) is 5.92 Å². The van der Waals surface area contributed by atoms with Gasteiger partial charge in [0.2, 0.25) is 0 Å². The molecule has 2 nitrogen and oxygen atoms in total. The van der Waals surface area contributed by atoms with Gasteiger partial charge in [-0.3, -0.25) is 0 Å². The largest absolute Gasteiger partial charge is 0.394 e. The average Bonchev–Trinajstić information content (AvgIpc) is 2.48. The summed E-state index contributed by atoms with van der Waals surface area (Å²) in [6.45, 7) is 4.43. The third-order valence-electron chi connectivity index (χ3n) is 3.51. The van der Waals surface area contributed by atoms with E-state index in [4.69, 9.17) is 0 Å². The molecule has 20 heavy (non-hydrogen) atoms. The minimum absolute atomic E-state index is 0.0735. The highest BCUT2D eigenvalue weighted by Crippen LogP contribution is 2.32. The first kappa shape index (κ1) is 14.6. The van der Waals surface area contributed by atoms with E-state index >= 15 is 0 Å². The summed E-state index contributed by atoms with van der Waals surface area (Å²) in [4.78, 5) is 0. The molecule has 2 N–H and O–H groups in total. The molecule has 2 heteroatoms. The van der Waals surface area contributed by atoms with Gasteiger partial charge in [-0.2, -0.15) is 0 Å². The number of para-hydroxylation sites is 1. The van der Waals surface area contributed by atoms with Crippen molar-refractivity contribution in [2.45, 2.75) is 25.8 Å². The molecular formula is C18H23NO. The first-order valence-electron chi connectivity index (χ1n) is 7.16. The van der Waals surface area contributed by atoms with Crippen molar-refractivity contribution in [3.8, 4) is 0 Å². The number of hydrogen-bond donors (Lipinski definition) is 2. The van der Waals surface area contributed by atoms with Crippen molar-refractivity contribution in [3.05, 3.63) is 66.2 Å². The van der Waals surface area contributed by atoms with E-state index in [1.54, 1.807) is 0 Å². The van der Waals surface area contributed by atoms with Gasteiger partial charge in [0.25, 0.3) is 0 Å². The van der Waals surface area contributed by atoms with Crippen LogP contribution in [0.2, 0.25) is 0 Å². The third kappa shape index (κ3) is 3.40. The van der Waals surface area contributed by atoms with Crippen LogP contribution < -0.4 is 5.32 Å². The van der Waals surface area contributed by atoms with E-state index in [9.17, 15) is 5.11 Å². The van der Waals surface area contributed by atoms with Crippen LogP contribution in [-0.4, -0.2) is 11.7 Å². The van der Waals surface area contributed by atoms with Gasteiger partial charge in [-0.25, -0.2) is 0 Å². The van der Waals surface area contributed by atoms with E-state index in [1.807, 2.05) is 48.5 Å². The molecule has 0 radical (unpaired) electrons. The lowest BCUT2D eigenvalue weighted by molar-refractivity contribution is 0.190. The summed E-state index contributed by atoms with van der Waals surface area (Å²) in [5.74, 6) is 0.485. The predicted molar refractivity (Wildman–Crippen MR) is 84.7 cm³/mol. The van der Waals surface area contributed by atoms with Gasteiger partial charge in [-0.1, -0.05) is 62.4 Å². The van der Waals surface area contributed by atoms with Gasteiger partial charge in [0.1, 0.15) is 0 Å². The number of hydrogen-bond acceptors (Lipinski definition) is 2. The Morgan fingerprint density at radius 2 is 1.50 bits per heavy atom. The van der Waals surface area contributed by atoms with Gasteiger partial charge >= 0.3 is 0 Å². The first-order valence-corrected chi connectivity index (χ1v) is 7.16. The molecule has 0 aliphatic heterocycles. The van der Waals surface area contributed by atoms with Crippen molar-refractivity contribution in [2.75, 3.05) is 11.9 Å². The SMILES string of the molecule is CC(C)CC(CO)(Nc1ccccc1)c1ccccc1. The minimum atomic E-state index is -0.434. The summed E-state index contributed by atoms with van der Waals surface area (Å²) in [5.41, 5.74) is 1.72. The Bertz CT molecular complexity index is 509. The number of aliphatic hydroxyl groups is 1. The molecule has 0 bridgehead atoms. The maximum absolute atomic E-state index is 10.1. The van der Waals surface area contributed by atoms with Gasteiger partial charge in [0.15, 0.2) is 0 Å². The van der Waals surface area contributed by atoms with E-state index in [2.05, 4.69) is 31.3 Å². The minimum Gasteiger partial charge on any atom is -0.394 e. The lowest BCUT2D eigenvalue weighted by Crippen LogP contribution is -2.40. The summed E-state index contributed by atoms with van der Waals surface area (Å²) < 4.78 is 0. The standard InChI is InChI=1S/C18H23NO/c1-15(2)13-18(14-20,16-9-5-3-6-10-16)19-17-11-7-4-8-12-17/h3-12,15,19-20H,13-14H2,1-2H3. The Morgan fingerprint density at radius 3 is 2.00 bits per heavy atom. The monoisotopic (exact) mass is 269 g/mol. The maximum atomic E-state index is 10.1. The van der Waals surface area contributed by atoms with E-state index in [1.165, 1.54) is 0 Å². The molecule has 2 rings (SSSR count). The van der Waals surface area contributed by atoms with Crippen LogP contribution in [-0.2, 0) is 5.54 Å². The molecule has 0 aromatic heterocycles. The molecule has 0 aliphatic carbocycles. The van der Waals surface area contributed by atoms with Crippen LogP contribution in [0.4, 0.5) is 5.69 Å². The van der Waals surface area contributed by atoms with Gasteiger partial charge in [0.05, 0.1) is 12.1 Å². The molecule has 1 unspecified atom stereocenters. The number of rotatable bonds is 6. The molecule has 0 aliphatic rings. The zero-order valence-corrected chi connectivity index (χ0v) is 12.2. The van der Waals surface area contributed by atoms with E-state index < -0.39 is 5.54 Å². The zero-order chi connectivity index (χ0) is 14.4. The molecule has 0 heterocycles. The lowest BCUT2D eigenvalue weighted by atomic mass is 9.82. The van der Waals surface area contributed by atoms with Gasteiger partial charge in [-0.05, 0) is 30.0 Å². The Hall–Kier alpha value is -1.80. The quantitative estimate of drug-likeness (QED) is 0.829. The highest BCUT2D eigenvalue weighted by Gasteiger charge is 2.32. The van der Waals surface area contributed by atoms with Crippen LogP contribution in [0.1, 0.15) is 25.8 Å². The Labute approximate surface area is 121 Å². The number of benzene rings is 2. The molecule has 0 spiro atoms. The molecule has 1 atom stereocenters. The lowest BCUT2D eigenvalue weighted by Gasteiger charge is -2.36. The Balaban J connectivity index is 2.37. The van der Waals surface area contributed by atoms with Crippen LogP contribution >= 0.6 is 0 Å². The van der Waals surface area contributed by atoms with Crippen LogP contribution in [0.15, 0.2) is 60.7 Å². The van der Waals surface area contributed by atoms with E-state index in [0.717, 1.165) is 17.7 Å². The molecule has 0 amide bonds. The highest BCUT2D eigenvalue weighted by molar-refractivity contribution is 5.48. The first-order chi connectivity index (χ1) is 9.66. The van der Waals surface area contributed by atoms with Crippen LogP contribution in [0.5, 0.6) is 0 Å². The highest BCUT2D eigenvalue weighted by atomic mass is 16.3. The summed E-state index contributed by atoms with van der Waals surface area (Å²) >= 11 is 0. The maximum Gasteiger partial charge on any atom is 0.0859 e. The van der Waals surface area contributed by atoms with Crippen molar-refractivity contribution in [1.29, 1.82) is 0 Å². The second-order valence-electron chi connectivity index (χ2n) is 5.70. The summed E-state index contributed by atoms with van der Waals surface area (Å²) in [6, 6.07) is 20.3. The summed E-state index contributed by atoms with van der Waals surface area (Å²) in [7, 11) is 0. The molecule has 0 fully saturated rings. The third-order valence-corrected chi connectivity index (χ3v) is 3.51. The Kier molecular flexibility index (Phi) is 4.80.